The van der Waals surface area contributed by atoms with Gasteiger partial charge < -0.3 is 9.84 Å². The van der Waals surface area contributed by atoms with Crippen LogP contribution in [0, 0.1) is 20.8 Å². The van der Waals surface area contributed by atoms with Gasteiger partial charge in [0.15, 0.2) is 0 Å². The lowest BCUT2D eigenvalue weighted by molar-refractivity contribution is 0.0693. The van der Waals surface area contributed by atoms with Crippen molar-refractivity contribution in [3.8, 4) is 0 Å². The molecule has 0 saturated heterocycles. The standard InChI is InChI=1S/C15H17NO3/c1-8-5-9(2)13-12(6-8)16-10(3)11(7-19-4)14(13)15(17)18/h5-6H,7H2,1-4H3,(H,17,18). The number of aromatic carboxylic acids is 1. The van der Waals surface area contributed by atoms with Gasteiger partial charge in [-0.05, 0) is 38.0 Å². The fraction of sp³-hybridized carbons (Fsp3) is 0.333. The molecule has 19 heavy (non-hydrogen) atoms. The molecule has 2 aromatic rings. The Labute approximate surface area is 112 Å². The van der Waals surface area contributed by atoms with Crippen LogP contribution in [0.5, 0.6) is 0 Å². The molecule has 0 radical (unpaired) electrons. The third-order valence-corrected chi connectivity index (χ3v) is 3.24. The van der Waals surface area contributed by atoms with E-state index in [0.717, 1.165) is 16.6 Å². The third-order valence-electron chi connectivity index (χ3n) is 3.24. The first-order valence-corrected chi connectivity index (χ1v) is 6.08. The average molecular weight is 259 g/mol. The molecular formula is C15H17NO3. The molecule has 1 N–H and O–H groups in total. The van der Waals surface area contributed by atoms with Crippen LogP contribution in [0.3, 0.4) is 0 Å². The number of fused-ring (bicyclic) bond motifs is 1. The maximum Gasteiger partial charge on any atom is 0.336 e. The molecule has 1 aromatic carbocycles. The number of carbonyl (C=O) groups is 1. The zero-order chi connectivity index (χ0) is 14.2. The minimum atomic E-state index is -0.936. The Hall–Kier alpha value is -1.94. The summed E-state index contributed by atoms with van der Waals surface area (Å²) >= 11 is 0. The van der Waals surface area contributed by atoms with E-state index in [0.29, 0.717) is 22.2 Å². The summed E-state index contributed by atoms with van der Waals surface area (Å²) in [5.74, 6) is -0.936. The number of pyridine rings is 1. The van der Waals surface area contributed by atoms with Crippen LogP contribution < -0.4 is 0 Å². The normalized spacial score (nSPS) is 10.9. The number of carboxylic acids is 1. The molecular weight excluding hydrogens is 242 g/mol. The van der Waals surface area contributed by atoms with Crippen LogP contribution >= 0.6 is 0 Å². The van der Waals surface area contributed by atoms with Crippen molar-refractivity contribution in [1.29, 1.82) is 0 Å². The molecule has 0 fully saturated rings. The van der Waals surface area contributed by atoms with Gasteiger partial charge >= 0.3 is 5.97 Å². The second-order valence-electron chi connectivity index (χ2n) is 4.76. The molecule has 1 heterocycles. The molecule has 0 aliphatic carbocycles. The smallest absolute Gasteiger partial charge is 0.336 e. The summed E-state index contributed by atoms with van der Waals surface area (Å²) < 4.78 is 5.11. The molecule has 1 aromatic heterocycles. The molecule has 0 bridgehead atoms. The summed E-state index contributed by atoms with van der Waals surface area (Å²) in [5.41, 5.74) is 4.39. The molecule has 2 rings (SSSR count). The Bertz CT molecular complexity index is 662. The number of hydrogen-bond acceptors (Lipinski definition) is 3. The highest BCUT2D eigenvalue weighted by atomic mass is 16.5. The Kier molecular flexibility index (Phi) is 3.53. The number of nitrogens with zero attached hydrogens (tertiary/aromatic N) is 1. The highest BCUT2D eigenvalue weighted by Crippen LogP contribution is 2.28. The Balaban J connectivity index is 2.94. The summed E-state index contributed by atoms with van der Waals surface area (Å²) in [6.45, 7) is 5.96. The zero-order valence-electron chi connectivity index (χ0n) is 11.6. The molecule has 0 unspecified atom stereocenters. The highest BCUT2D eigenvalue weighted by Gasteiger charge is 2.19. The molecule has 100 valence electrons. The van der Waals surface area contributed by atoms with Crippen molar-refractivity contribution in [3.05, 3.63) is 40.1 Å². The van der Waals surface area contributed by atoms with Crippen molar-refractivity contribution in [1.82, 2.24) is 4.98 Å². The van der Waals surface area contributed by atoms with Crippen molar-refractivity contribution >= 4 is 16.9 Å². The average Bonchev–Trinajstić information content (AvgIpc) is 2.30. The minimum absolute atomic E-state index is 0.254. The number of ether oxygens (including phenoxy) is 1. The van der Waals surface area contributed by atoms with Gasteiger partial charge in [0.05, 0.1) is 17.7 Å². The Morgan fingerprint density at radius 1 is 1.32 bits per heavy atom. The van der Waals surface area contributed by atoms with E-state index >= 15 is 0 Å². The molecule has 4 heteroatoms. The second-order valence-corrected chi connectivity index (χ2v) is 4.76. The quantitative estimate of drug-likeness (QED) is 0.920. The lowest BCUT2D eigenvalue weighted by atomic mass is 9.96. The number of benzene rings is 1. The predicted molar refractivity (Wildman–Crippen MR) is 73.6 cm³/mol. The van der Waals surface area contributed by atoms with E-state index in [1.165, 1.54) is 0 Å². The van der Waals surface area contributed by atoms with Crippen LogP contribution in [-0.2, 0) is 11.3 Å². The number of hydrogen-bond donors (Lipinski definition) is 1. The van der Waals surface area contributed by atoms with Gasteiger partial charge in [-0.15, -0.1) is 0 Å². The van der Waals surface area contributed by atoms with Gasteiger partial charge in [0.25, 0.3) is 0 Å². The Morgan fingerprint density at radius 3 is 2.58 bits per heavy atom. The summed E-state index contributed by atoms with van der Waals surface area (Å²) in [5, 5.41) is 10.2. The first-order valence-electron chi connectivity index (χ1n) is 6.08. The van der Waals surface area contributed by atoms with Gasteiger partial charge in [0.1, 0.15) is 0 Å². The third kappa shape index (κ3) is 2.31. The van der Waals surface area contributed by atoms with Crippen LogP contribution in [0.25, 0.3) is 10.9 Å². The number of aryl methyl sites for hydroxylation is 3. The Morgan fingerprint density at radius 2 is 2.00 bits per heavy atom. The van der Waals surface area contributed by atoms with Crippen molar-refractivity contribution in [3.63, 3.8) is 0 Å². The molecule has 0 aliphatic heterocycles. The van der Waals surface area contributed by atoms with Crippen LogP contribution in [-0.4, -0.2) is 23.2 Å². The van der Waals surface area contributed by atoms with Crippen LogP contribution in [0.1, 0.15) is 32.7 Å². The summed E-state index contributed by atoms with van der Waals surface area (Å²) in [7, 11) is 1.55. The fourth-order valence-electron chi connectivity index (χ4n) is 2.50. The molecule has 0 aliphatic rings. The van der Waals surface area contributed by atoms with E-state index in [1.54, 1.807) is 7.11 Å². The maximum absolute atomic E-state index is 11.6. The molecule has 0 atom stereocenters. The lowest BCUT2D eigenvalue weighted by Crippen LogP contribution is -2.09. The van der Waals surface area contributed by atoms with E-state index in [1.807, 2.05) is 32.9 Å². The van der Waals surface area contributed by atoms with E-state index in [9.17, 15) is 9.90 Å². The van der Waals surface area contributed by atoms with Gasteiger partial charge in [0.2, 0.25) is 0 Å². The van der Waals surface area contributed by atoms with Crippen molar-refractivity contribution < 1.29 is 14.6 Å². The van der Waals surface area contributed by atoms with Crippen LogP contribution in [0.4, 0.5) is 0 Å². The predicted octanol–water partition coefficient (Wildman–Crippen LogP) is 3.00. The summed E-state index contributed by atoms with van der Waals surface area (Å²) in [4.78, 5) is 16.1. The second kappa shape index (κ2) is 4.97. The molecule has 0 saturated carbocycles. The van der Waals surface area contributed by atoms with E-state index in [2.05, 4.69) is 4.98 Å². The largest absolute Gasteiger partial charge is 0.478 e. The number of methoxy groups -OCH3 is 1. The van der Waals surface area contributed by atoms with E-state index < -0.39 is 5.97 Å². The van der Waals surface area contributed by atoms with Crippen molar-refractivity contribution in [2.45, 2.75) is 27.4 Å². The first-order chi connectivity index (χ1) is 8.95. The number of carboxylic acid groups (broad SMARTS) is 1. The van der Waals surface area contributed by atoms with Gasteiger partial charge in [-0.25, -0.2) is 4.79 Å². The topological polar surface area (TPSA) is 59.4 Å². The van der Waals surface area contributed by atoms with Crippen LogP contribution in [0.15, 0.2) is 12.1 Å². The van der Waals surface area contributed by atoms with Crippen molar-refractivity contribution in [2.75, 3.05) is 7.11 Å². The van der Waals surface area contributed by atoms with Gasteiger partial charge in [-0.2, -0.15) is 0 Å². The highest BCUT2D eigenvalue weighted by molar-refractivity contribution is 6.05. The van der Waals surface area contributed by atoms with E-state index in [4.69, 9.17) is 4.74 Å². The number of rotatable bonds is 3. The molecule has 0 amide bonds. The molecule has 4 nitrogen and oxygen atoms in total. The molecule has 0 spiro atoms. The fourth-order valence-corrected chi connectivity index (χ4v) is 2.50. The minimum Gasteiger partial charge on any atom is -0.478 e. The van der Waals surface area contributed by atoms with Crippen LogP contribution in [0.2, 0.25) is 0 Å². The summed E-state index contributed by atoms with van der Waals surface area (Å²) in [6.07, 6.45) is 0. The van der Waals surface area contributed by atoms with Gasteiger partial charge in [-0.1, -0.05) is 6.07 Å². The number of aromatic nitrogens is 1. The van der Waals surface area contributed by atoms with Gasteiger partial charge in [0, 0.05) is 23.8 Å². The lowest BCUT2D eigenvalue weighted by Gasteiger charge is -2.14. The van der Waals surface area contributed by atoms with E-state index in [-0.39, 0.29) is 6.61 Å². The van der Waals surface area contributed by atoms with Gasteiger partial charge in [-0.3, -0.25) is 4.98 Å². The zero-order valence-corrected chi connectivity index (χ0v) is 11.6. The maximum atomic E-state index is 11.6. The summed E-state index contributed by atoms with van der Waals surface area (Å²) in [6, 6.07) is 3.89. The van der Waals surface area contributed by atoms with Crippen molar-refractivity contribution in [2.24, 2.45) is 0 Å². The first kappa shape index (κ1) is 13.5. The monoisotopic (exact) mass is 259 g/mol. The SMILES string of the molecule is COCc1c(C)nc2cc(C)cc(C)c2c1C(=O)O.